The highest BCUT2D eigenvalue weighted by atomic mass is 16.5. The maximum absolute atomic E-state index is 13.5. The number of ether oxygens (including phenoxy) is 1. The fourth-order valence-corrected chi connectivity index (χ4v) is 3.81. The van der Waals surface area contributed by atoms with E-state index in [2.05, 4.69) is 26.1 Å². The number of aryl methyl sites for hydroxylation is 1. The molecule has 5 heteroatoms. The number of amides is 2. The van der Waals surface area contributed by atoms with Crippen LogP contribution in [0.15, 0.2) is 84.9 Å². The van der Waals surface area contributed by atoms with Gasteiger partial charge in [-0.1, -0.05) is 93.6 Å². The van der Waals surface area contributed by atoms with E-state index in [1.54, 1.807) is 4.90 Å². The number of carbonyl (C=O) groups excluding carboxylic acids is 2. The summed E-state index contributed by atoms with van der Waals surface area (Å²) in [7, 11) is 0. The lowest BCUT2D eigenvalue weighted by molar-refractivity contribution is -0.142. The van der Waals surface area contributed by atoms with E-state index in [0.29, 0.717) is 31.2 Å². The van der Waals surface area contributed by atoms with Gasteiger partial charge in [-0.2, -0.15) is 0 Å². The third-order valence-corrected chi connectivity index (χ3v) is 5.85. The van der Waals surface area contributed by atoms with Crippen LogP contribution in [-0.2, 0) is 29.0 Å². The summed E-state index contributed by atoms with van der Waals surface area (Å²) in [4.78, 5) is 28.6. The summed E-state index contributed by atoms with van der Waals surface area (Å²) >= 11 is 0. The molecule has 3 rings (SSSR count). The number of nitrogens with zero attached hydrogens (tertiary/aromatic N) is 1. The van der Waals surface area contributed by atoms with Gasteiger partial charge >= 0.3 is 0 Å². The molecule has 35 heavy (non-hydrogen) atoms. The summed E-state index contributed by atoms with van der Waals surface area (Å²) in [5.74, 6) is 0.566. The van der Waals surface area contributed by atoms with E-state index >= 15 is 0 Å². The molecule has 0 aliphatic rings. The van der Waals surface area contributed by atoms with Crippen LogP contribution in [0, 0.1) is 5.92 Å². The van der Waals surface area contributed by atoms with Crippen molar-refractivity contribution in [1.82, 2.24) is 10.2 Å². The molecule has 3 aromatic rings. The molecule has 2 amide bonds. The molecule has 3 aromatic carbocycles. The van der Waals surface area contributed by atoms with Crippen LogP contribution in [0.5, 0.6) is 5.75 Å². The molecule has 0 bridgehead atoms. The lowest BCUT2D eigenvalue weighted by Crippen LogP contribution is -2.52. The SMILES string of the molecule is CCc1ccc(OCC(=O)N(Cc2ccccc2)C(Cc2ccccc2)C(=O)NCC(C)C)cc1. The number of hydrogen-bond donors (Lipinski definition) is 1. The van der Waals surface area contributed by atoms with Gasteiger partial charge in [0.1, 0.15) is 11.8 Å². The smallest absolute Gasteiger partial charge is 0.261 e. The Hall–Kier alpha value is -3.60. The highest BCUT2D eigenvalue weighted by molar-refractivity contribution is 5.88. The van der Waals surface area contributed by atoms with Gasteiger partial charge in [0.15, 0.2) is 6.61 Å². The quantitative estimate of drug-likeness (QED) is 0.402. The first kappa shape index (κ1) is 26.0. The number of carbonyl (C=O) groups is 2. The van der Waals surface area contributed by atoms with Crippen molar-refractivity contribution in [3.8, 4) is 5.75 Å². The zero-order valence-electron chi connectivity index (χ0n) is 20.9. The Morgan fingerprint density at radius 2 is 1.43 bits per heavy atom. The van der Waals surface area contributed by atoms with Crippen LogP contribution in [0.1, 0.15) is 37.5 Å². The maximum Gasteiger partial charge on any atom is 0.261 e. The summed E-state index contributed by atoms with van der Waals surface area (Å²) in [5.41, 5.74) is 3.17. The molecule has 0 radical (unpaired) electrons. The van der Waals surface area contributed by atoms with E-state index in [1.807, 2.05) is 84.9 Å². The van der Waals surface area contributed by atoms with E-state index < -0.39 is 6.04 Å². The number of hydrogen-bond acceptors (Lipinski definition) is 3. The Morgan fingerprint density at radius 1 is 0.829 bits per heavy atom. The second-order valence-electron chi connectivity index (χ2n) is 9.14. The molecule has 0 spiro atoms. The summed E-state index contributed by atoms with van der Waals surface area (Å²) < 4.78 is 5.84. The molecule has 1 unspecified atom stereocenters. The van der Waals surface area contributed by atoms with Gasteiger partial charge in [-0.3, -0.25) is 9.59 Å². The van der Waals surface area contributed by atoms with Gasteiger partial charge in [0.05, 0.1) is 0 Å². The molecular formula is C30H36N2O3. The maximum atomic E-state index is 13.5. The van der Waals surface area contributed by atoms with Gasteiger partial charge in [0.25, 0.3) is 5.91 Å². The van der Waals surface area contributed by atoms with Crippen LogP contribution < -0.4 is 10.1 Å². The summed E-state index contributed by atoms with van der Waals surface area (Å²) in [5, 5.41) is 3.04. The van der Waals surface area contributed by atoms with Gasteiger partial charge in [0, 0.05) is 19.5 Å². The molecule has 0 heterocycles. The number of rotatable bonds is 12. The second-order valence-corrected chi connectivity index (χ2v) is 9.14. The minimum Gasteiger partial charge on any atom is -0.484 e. The van der Waals surface area contributed by atoms with Crippen LogP contribution >= 0.6 is 0 Å². The molecule has 1 atom stereocenters. The lowest BCUT2D eigenvalue weighted by Gasteiger charge is -2.31. The van der Waals surface area contributed by atoms with Gasteiger partial charge in [0.2, 0.25) is 5.91 Å². The molecule has 184 valence electrons. The Labute approximate surface area is 209 Å². The first-order chi connectivity index (χ1) is 17.0. The Bertz CT molecular complexity index is 1050. The zero-order chi connectivity index (χ0) is 25.0. The molecule has 0 aliphatic heterocycles. The molecule has 0 saturated heterocycles. The van der Waals surface area contributed by atoms with Gasteiger partial charge in [-0.25, -0.2) is 0 Å². The molecule has 0 aromatic heterocycles. The average molecular weight is 473 g/mol. The van der Waals surface area contributed by atoms with Crippen LogP contribution in [0.25, 0.3) is 0 Å². The Morgan fingerprint density at radius 3 is 2.00 bits per heavy atom. The van der Waals surface area contributed by atoms with E-state index in [0.717, 1.165) is 17.5 Å². The van der Waals surface area contributed by atoms with Crippen molar-refractivity contribution in [1.29, 1.82) is 0 Å². The van der Waals surface area contributed by atoms with Crippen molar-refractivity contribution < 1.29 is 14.3 Å². The molecule has 1 N–H and O–H groups in total. The summed E-state index contributed by atoms with van der Waals surface area (Å²) in [6.07, 6.45) is 1.37. The highest BCUT2D eigenvalue weighted by Gasteiger charge is 2.30. The van der Waals surface area contributed by atoms with E-state index in [4.69, 9.17) is 4.74 Å². The van der Waals surface area contributed by atoms with Crippen LogP contribution in [0.2, 0.25) is 0 Å². The van der Waals surface area contributed by atoms with Crippen molar-refractivity contribution in [2.45, 2.75) is 46.2 Å². The standard InChI is InChI=1S/C30H36N2O3/c1-4-24-15-17-27(18-16-24)35-22-29(33)32(21-26-13-9-6-10-14-26)28(30(34)31-20-23(2)3)19-25-11-7-5-8-12-25/h5-18,23,28H,4,19-22H2,1-3H3,(H,31,34). The fraction of sp³-hybridized carbons (Fsp3) is 0.333. The normalized spacial score (nSPS) is 11.7. The van der Waals surface area contributed by atoms with Crippen LogP contribution in [0.4, 0.5) is 0 Å². The van der Waals surface area contributed by atoms with E-state index in [9.17, 15) is 9.59 Å². The topological polar surface area (TPSA) is 58.6 Å². The molecule has 0 aliphatic carbocycles. The zero-order valence-corrected chi connectivity index (χ0v) is 20.9. The monoisotopic (exact) mass is 472 g/mol. The van der Waals surface area contributed by atoms with Crippen molar-refractivity contribution in [2.24, 2.45) is 5.92 Å². The lowest BCUT2D eigenvalue weighted by atomic mass is 10.0. The van der Waals surface area contributed by atoms with Crippen molar-refractivity contribution >= 4 is 11.8 Å². The first-order valence-corrected chi connectivity index (χ1v) is 12.3. The van der Waals surface area contributed by atoms with Crippen molar-refractivity contribution in [2.75, 3.05) is 13.2 Å². The highest BCUT2D eigenvalue weighted by Crippen LogP contribution is 2.17. The minimum absolute atomic E-state index is 0.138. The Balaban J connectivity index is 1.85. The van der Waals surface area contributed by atoms with Crippen molar-refractivity contribution in [3.05, 3.63) is 102 Å². The molecule has 0 fully saturated rings. The molecule has 0 saturated carbocycles. The Kier molecular flexibility index (Phi) is 9.91. The van der Waals surface area contributed by atoms with Crippen LogP contribution in [-0.4, -0.2) is 35.9 Å². The third kappa shape index (κ3) is 8.29. The fourth-order valence-electron chi connectivity index (χ4n) is 3.81. The van der Waals surface area contributed by atoms with Gasteiger partial charge < -0.3 is 15.0 Å². The predicted molar refractivity (Wildman–Crippen MR) is 140 cm³/mol. The third-order valence-electron chi connectivity index (χ3n) is 5.85. The summed E-state index contributed by atoms with van der Waals surface area (Å²) in [6.45, 7) is 6.94. The molecule has 5 nitrogen and oxygen atoms in total. The van der Waals surface area contributed by atoms with Gasteiger partial charge in [-0.05, 0) is 41.2 Å². The predicted octanol–water partition coefficient (Wildman–Crippen LogP) is 5.04. The summed E-state index contributed by atoms with van der Waals surface area (Å²) in [6, 6.07) is 26.7. The second kappa shape index (κ2) is 13.3. The van der Waals surface area contributed by atoms with E-state index in [-0.39, 0.29) is 18.4 Å². The number of benzene rings is 3. The van der Waals surface area contributed by atoms with Gasteiger partial charge in [-0.15, -0.1) is 0 Å². The molecular weight excluding hydrogens is 436 g/mol. The number of nitrogens with one attached hydrogen (secondary N) is 1. The van der Waals surface area contributed by atoms with Crippen LogP contribution in [0.3, 0.4) is 0 Å². The minimum atomic E-state index is -0.657. The largest absolute Gasteiger partial charge is 0.484 e. The first-order valence-electron chi connectivity index (χ1n) is 12.3. The van der Waals surface area contributed by atoms with E-state index in [1.165, 1.54) is 5.56 Å². The average Bonchev–Trinajstić information content (AvgIpc) is 2.89. The van der Waals surface area contributed by atoms with Crippen molar-refractivity contribution in [3.63, 3.8) is 0 Å².